The lowest BCUT2D eigenvalue weighted by molar-refractivity contribution is -0.161. The number of benzene rings is 3. The van der Waals surface area contributed by atoms with Gasteiger partial charge in [-0.3, -0.25) is 0 Å². The average molecular weight is 441 g/mol. The summed E-state index contributed by atoms with van der Waals surface area (Å²) >= 11 is 0. The van der Waals surface area contributed by atoms with Crippen LogP contribution >= 0.6 is 0 Å². The van der Waals surface area contributed by atoms with Crippen LogP contribution in [0.5, 0.6) is 0 Å². The minimum atomic E-state index is -0.880. The second-order valence-corrected chi connectivity index (χ2v) is 9.37. The van der Waals surface area contributed by atoms with Crippen molar-refractivity contribution in [3.63, 3.8) is 0 Å². The molecule has 1 N–H and O–H groups in total. The van der Waals surface area contributed by atoms with E-state index in [0.717, 1.165) is 23.1 Å². The Labute approximate surface area is 196 Å². The van der Waals surface area contributed by atoms with Gasteiger partial charge in [-0.2, -0.15) is 0 Å². The van der Waals surface area contributed by atoms with Gasteiger partial charge in [-0.15, -0.1) is 0 Å². The summed E-state index contributed by atoms with van der Waals surface area (Å²) in [7, 11) is 0. The van der Waals surface area contributed by atoms with Gasteiger partial charge in [0.15, 0.2) is 0 Å². The Morgan fingerprint density at radius 1 is 0.970 bits per heavy atom. The molecule has 0 aromatic heterocycles. The zero-order valence-electron chi connectivity index (χ0n) is 19.7. The van der Waals surface area contributed by atoms with Gasteiger partial charge in [0, 0.05) is 12.8 Å². The van der Waals surface area contributed by atoms with Crippen molar-refractivity contribution in [2.75, 3.05) is 0 Å². The molecule has 0 spiro atoms. The second kappa shape index (κ2) is 9.66. The van der Waals surface area contributed by atoms with Crippen LogP contribution in [0.25, 0.3) is 0 Å². The first-order valence-electron chi connectivity index (χ1n) is 11.7. The van der Waals surface area contributed by atoms with Gasteiger partial charge in [0.25, 0.3) is 0 Å². The molecule has 0 saturated heterocycles. The van der Waals surface area contributed by atoms with Gasteiger partial charge in [0.2, 0.25) is 0 Å². The maximum atomic E-state index is 13.3. The summed E-state index contributed by atoms with van der Waals surface area (Å²) in [5, 5.41) is 11.2. The van der Waals surface area contributed by atoms with Gasteiger partial charge < -0.3 is 9.84 Å². The lowest BCUT2D eigenvalue weighted by Crippen LogP contribution is -2.39. The van der Waals surface area contributed by atoms with Crippen LogP contribution < -0.4 is 0 Å². The molecular weight excluding hydrogens is 408 g/mol. The molecule has 0 radical (unpaired) electrons. The molecule has 0 amide bonds. The summed E-state index contributed by atoms with van der Waals surface area (Å²) < 4.78 is 6.21. The second-order valence-electron chi connectivity index (χ2n) is 9.37. The highest BCUT2D eigenvalue weighted by Gasteiger charge is 2.43. The molecule has 170 valence electrons. The van der Waals surface area contributed by atoms with E-state index in [1.54, 1.807) is 0 Å². The lowest BCUT2D eigenvalue weighted by Gasteiger charge is -2.38. The first kappa shape index (κ1) is 22.8. The molecule has 3 aromatic carbocycles. The van der Waals surface area contributed by atoms with Crippen LogP contribution in [-0.4, -0.2) is 11.1 Å². The van der Waals surface area contributed by atoms with Gasteiger partial charge in [-0.25, -0.2) is 4.79 Å². The van der Waals surface area contributed by atoms with Gasteiger partial charge in [0.1, 0.15) is 11.4 Å². The molecule has 3 aromatic rings. The minimum Gasteiger partial charge on any atom is -0.512 e. The number of aliphatic hydroxyl groups is 1. The first-order valence-corrected chi connectivity index (χ1v) is 11.7. The predicted molar refractivity (Wildman–Crippen MR) is 132 cm³/mol. The van der Waals surface area contributed by atoms with Crippen molar-refractivity contribution in [2.24, 2.45) is 0 Å². The van der Waals surface area contributed by atoms with E-state index in [1.807, 2.05) is 55.5 Å². The maximum Gasteiger partial charge on any atom is 0.338 e. The molecule has 0 bridgehead atoms. The quantitative estimate of drug-likeness (QED) is 0.404. The third kappa shape index (κ3) is 5.03. The van der Waals surface area contributed by atoms with Crippen LogP contribution in [0.4, 0.5) is 0 Å². The number of esters is 1. The fraction of sp³-hybridized carbons (Fsp3) is 0.300. The van der Waals surface area contributed by atoms with Crippen molar-refractivity contribution in [3.8, 4) is 0 Å². The lowest BCUT2D eigenvalue weighted by atomic mass is 9.80. The number of cyclic esters (lactones) is 1. The molecular formula is C30H32O3. The molecule has 4 rings (SSSR count). The van der Waals surface area contributed by atoms with Crippen molar-refractivity contribution in [1.29, 1.82) is 0 Å². The maximum absolute atomic E-state index is 13.3. The summed E-state index contributed by atoms with van der Waals surface area (Å²) in [6.07, 6.45) is 2.02. The fourth-order valence-electron chi connectivity index (χ4n) is 4.76. The zero-order chi connectivity index (χ0) is 23.4. The largest absolute Gasteiger partial charge is 0.512 e. The Balaban J connectivity index is 1.67. The Bertz CT molecular complexity index is 1150. The molecule has 0 aliphatic carbocycles. The molecule has 3 nitrogen and oxygen atoms in total. The van der Waals surface area contributed by atoms with Crippen LogP contribution in [0.15, 0.2) is 90.2 Å². The molecule has 3 heteroatoms. The number of carbonyl (C=O) groups is 1. The molecule has 1 atom stereocenters. The summed E-state index contributed by atoms with van der Waals surface area (Å²) in [5.41, 5.74) is 4.99. The van der Waals surface area contributed by atoms with Crippen molar-refractivity contribution in [1.82, 2.24) is 0 Å². The van der Waals surface area contributed by atoms with Crippen LogP contribution in [-0.2, 0) is 28.0 Å². The predicted octanol–water partition coefficient (Wildman–Crippen LogP) is 6.95. The molecule has 1 aliphatic rings. The summed E-state index contributed by atoms with van der Waals surface area (Å²) in [5.74, 6) is 0.0449. The third-order valence-electron chi connectivity index (χ3n) is 6.58. The van der Waals surface area contributed by atoms with E-state index in [-0.39, 0.29) is 12.2 Å². The highest BCUT2D eigenvalue weighted by molar-refractivity contribution is 5.91. The number of hydrogen-bond donors (Lipinski definition) is 1. The average Bonchev–Trinajstić information content (AvgIpc) is 2.81. The summed E-state index contributed by atoms with van der Waals surface area (Å²) in [6.45, 7) is 6.34. The van der Waals surface area contributed by atoms with E-state index in [9.17, 15) is 9.90 Å². The van der Waals surface area contributed by atoms with Crippen LogP contribution in [0.2, 0.25) is 0 Å². The number of aliphatic hydroxyl groups excluding tert-OH is 1. The Hall–Kier alpha value is -3.33. The number of hydrogen-bond acceptors (Lipinski definition) is 3. The molecule has 0 saturated carbocycles. The van der Waals surface area contributed by atoms with Crippen molar-refractivity contribution in [3.05, 3.63) is 118 Å². The van der Waals surface area contributed by atoms with Crippen molar-refractivity contribution >= 4 is 5.97 Å². The van der Waals surface area contributed by atoms with E-state index >= 15 is 0 Å². The van der Waals surface area contributed by atoms with Crippen LogP contribution in [0, 0.1) is 6.92 Å². The molecule has 33 heavy (non-hydrogen) atoms. The number of ether oxygens (including phenoxy) is 1. The third-order valence-corrected chi connectivity index (χ3v) is 6.58. The van der Waals surface area contributed by atoms with E-state index in [1.165, 1.54) is 11.1 Å². The molecule has 1 unspecified atom stereocenters. The van der Waals surface area contributed by atoms with Crippen molar-refractivity contribution in [2.45, 2.75) is 58.0 Å². The Kier molecular flexibility index (Phi) is 6.69. The Morgan fingerprint density at radius 3 is 2.27 bits per heavy atom. The summed E-state index contributed by atoms with van der Waals surface area (Å²) in [4.78, 5) is 13.3. The normalized spacial score (nSPS) is 18.5. The summed E-state index contributed by atoms with van der Waals surface area (Å²) in [6, 6.07) is 26.3. The van der Waals surface area contributed by atoms with Gasteiger partial charge >= 0.3 is 5.97 Å². The monoisotopic (exact) mass is 440 g/mol. The highest BCUT2D eigenvalue weighted by Crippen LogP contribution is 2.42. The van der Waals surface area contributed by atoms with E-state index in [4.69, 9.17) is 4.74 Å². The Morgan fingerprint density at radius 2 is 1.64 bits per heavy atom. The number of carbonyl (C=O) groups excluding carboxylic acids is 1. The van der Waals surface area contributed by atoms with Gasteiger partial charge in [-0.05, 0) is 47.9 Å². The highest BCUT2D eigenvalue weighted by atomic mass is 16.6. The number of rotatable bonds is 7. The zero-order valence-corrected chi connectivity index (χ0v) is 19.7. The fourth-order valence-corrected chi connectivity index (χ4v) is 4.76. The molecule has 1 heterocycles. The standard InChI is InChI=1S/C30H32O3/c1-21(2)26-15-14-22(3)18-24(26)19-27-28(31)20-30(33-29(27)32,25-12-8-5-9-13-25)17-16-23-10-6-4-7-11-23/h4-15,18,21,31H,16-17,19-20H2,1-3H3. The van der Waals surface area contributed by atoms with Crippen molar-refractivity contribution < 1.29 is 14.6 Å². The first-order chi connectivity index (χ1) is 15.9. The van der Waals surface area contributed by atoms with E-state index in [0.29, 0.717) is 24.3 Å². The smallest absolute Gasteiger partial charge is 0.338 e. The van der Waals surface area contributed by atoms with Crippen LogP contribution in [0.1, 0.15) is 60.4 Å². The topological polar surface area (TPSA) is 46.5 Å². The van der Waals surface area contributed by atoms with Gasteiger partial charge in [-0.1, -0.05) is 98.3 Å². The van der Waals surface area contributed by atoms with Gasteiger partial charge in [0.05, 0.1) is 5.57 Å². The molecule has 0 fully saturated rings. The minimum absolute atomic E-state index is 0.138. The van der Waals surface area contributed by atoms with Crippen LogP contribution in [0.3, 0.4) is 0 Å². The SMILES string of the molecule is Cc1ccc(C(C)C)c(CC2=C(O)CC(CCc3ccccc3)(c3ccccc3)OC2=O)c1. The number of aryl methyl sites for hydroxylation is 2. The van der Waals surface area contributed by atoms with E-state index < -0.39 is 11.6 Å². The molecule has 1 aliphatic heterocycles. The van der Waals surface area contributed by atoms with E-state index in [2.05, 4.69) is 44.2 Å².